The minimum absolute atomic E-state index is 0.141. The molecule has 1 aliphatic heterocycles. The molecule has 0 N–H and O–H groups in total. The van der Waals surface area contributed by atoms with E-state index in [2.05, 4.69) is 43.9 Å². The Morgan fingerprint density at radius 3 is 2.70 bits per heavy atom. The van der Waals surface area contributed by atoms with Crippen LogP contribution >= 0.6 is 0 Å². The molecule has 20 heavy (non-hydrogen) atoms. The molecule has 0 aromatic rings. The quantitative estimate of drug-likeness (QED) is 0.327. The first-order valence-electron chi connectivity index (χ1n) is 7.10. The van der Waals surface area contributed by atoms with E-state index in [0.29, 0.717) is 32.7 Å². The van der Waals surface area contributed by atoms with E-state index < -0.39 is 8.32 Å². The van der Waals surface area contributed by atoms with Crippen molar-refractivity contribution < 1.29 is 9.22 Å². The van der Waals surface area contributed by atoms with E-state index in [1.165, 1.54) is 0 Å². The molecule has 0 saturated carbocycles. The number of carbonyl (C=O) groups excluding carboxylic acids is 1. The monoisotopic (exact) mass is 298 g/mol. The van der Waals surface area contributed by atoms with Gasteiger partial charge in [-0.25, -0.2) is 0 Å². The molecule has 0 bridgehead atoms. The average molecular weight is 298 g/mol. The molecule has 1 aliphatic rings. The molecule has 1 amide bonds. The van der Waals surface area contributed by atoms with Crippen LogP contribution in [-0.2, 0) is 9.22 Å². The predicted octanol–water partition coefficient (Wildman–Crippen LogP) is 3.17. The molecule has 114 valence electrons. The average Bonchev–Trinajstić information content (AvgIpc) is 2.66. The number of amides is 1. The van der Waals surface area contributed by atoms with Gasteiger partial charge in [-0.1, -0.05) is 25.9 Å². The lowest BCUT2D eigenvalue weighted by Crippen LogP contribution is -2.43. The SMILES string of the molecule is CC(C)(C)[Si](C)(C)OCCN1CC(CN=[N+]=[N-])CC1=O. The lowest BCUT2D eigenvalue weighted by atomic mass is 10.1. The van der Waals surface area contributed by atoms with Gasteiger partial charge in [0.05, 0.1) is 6.61 Å². The second kappa shape index (κ2) is 6.61. The van der Waals surface area contributed by atoms with Gasteiger partial charge >= 0.3 is 0 Å². The fraction of sp³-hybridized carbons (Fsp3) is 0.923. The first kappa shape index (κ1) is 17.0. The summed E-state index contributed by atoms with van der Waals surface area (Å²) in [6.07, 6.45) is 0.485. The summed E-state index contributed by atoms with van der Waals surface area (Å²) in [5.74, 6) is 0.299. The summed E-state index contributed by atoms with van der Waals surface area (Å²) < 4.78 is 6.08. The Morgan fingerprint density at radius 2 is 2.15 bits per heavy atom. The Bertz CT molecular complexity index is 400. The second-order valence-electron chi connectivity index (χ2n) is 6.93. The van der Waals surface area contributed by atoms with Crippen molar-refractivity contribution in [1.82, 2.24) is 4.90 Å². The number of rotatable bonds is 6. The van der Waals surface area contributed by atoms with Crippen LogP contribution in [0.5, 0.6) is 0 Å². The molecule has 1 saturated heterocycles. The van der Waals surface area contributed by atoms with Crippen LogP contribution in [0.4, 0.5) is 0 Å². The van der Waals surface area contributed by atoms with E-state index in [4.69, 9.17) is 9.96 Å². The first-order chi connectivity index (χ1) is 9.17. The van der Waals surface area contributed by atoms with Gasteiger partial charge in [-0.05, 0) is 29.6 Å². The maximum Gasteiger partial charge on any atom is 0.223 e. The van der Waals surface area contributed by atoms with Crippen LogP contribution in [0, 0.1) is 5.92 Å². The highest BCUT2D eigenvalue weighted by Gasteiger charge is 2.37. The van der Waals surface area contributed by atoms with Crippen molar-refractivity contribution >= 4 is 14.2 Å². The van der Waals surface area contributed by atoms with Gasteiger partial charge in [-0.15, -0.1) is 0 Å². The zero-order valence-electron chi connectivity index (χ0n) is 13.2. The van der Waals surface area contributed by atoms with Gasteiger partial charge in [0.2, 0.25) is 5.91 Å². The molecule has 1 heterocycles. The van der Waals surface area contributed by atoms with Gasteiger partial charge in [0.15, 0.2) is 8.32 Å². The minimum Gasteiger partial charge on any atom is -0.415 e. The largest absolute Gasteiger partial charge is 0.415 e. The van der Waals surface area contributed by atoms with E-state index in [-0.39, 0.29) is 16.9 Å². The zero-order chi connectivity index (χ0) is 15.4. The third-order valence-electron chi connectivity index (χ3n) is 4.33. The third-order valence-corrected chi connectivity index (χ3v) is 8.87. The first-order valence-corrected chi connectivity index (χ1v) is 10.0. The van der Waals surface area contributed by atoms with Gasteiger partial charge in [0.25, 0.3) is 0 Å². The normalized spacial score (nSPS) is 20.1. The molecule has 0 aromatic carbocycles. The number of carbonyl (C=O) groups is 1. The Kier molecular flexibility index (Phi) is 5.62. The Morgan fingerprint density at radius 1 is 1.50 bits per heavy atom. The van der Waals surface area contributed by atoms with Gasteiger partial charge in [0, 0.05) is 31.0 Å². The van der Waals surface area contributed by atoms with E-state index in [9.17, 15) is 4.79 Å². The molecule has 6 nitrogen and oxygen atoms in total. The molecule has 7 heteroatoms. The number of likely N-dealkylation sites (tertiary alicyclic amines) is 1. The molecule has 0 spiro atoms. The Hall–Kier alpha value is -1.04. The highest BCUT2D eigenvalue weighted by Crippen LogP contribution is 2.36. The summed E-state index contributed by atoms with van der Waals surface area (Å²) in [7, 11) is -1.74. The summed E-state index contributed by atoms with van der Waals surface area (Å²) >= 11 is 0. The van der Waals surface area contributed by atoms with Crippen LogP contribution in [0.15, 0.2) is 5.11 Å². The van der Waals surface area contributed by atoms with E-state index >= 15 is 0 Å². The molecule has 1 fully saturated rings. The van der Waals surface area contributed by atoms with Gasteiger partial charge < -0.3 is 9.33 Å². The lowest BCUT2D eigenvalue weighted by Gasteiger charge is -2.36. The van der Waals surface area contributed by atoms with Crippen LogP contribution in [0.1, 0.15) is 27.2 Å². The third kappa shape index (κ3) is 4.51. The molecule has 1 rings (SSSR count). The summed E-state index contributed by atoms with van der Waals surface area (Å²) in [6.45, 7) is 13.4. The number of nitrogens with zero attached hydrogens (tertiary/aromatic N) is 4. The molecular formula is C13H26N4O2Si. The predicted molar refractivity (Wildman–Crippen MR) is 81.8 cm³/mol. The number of azide groups is 1. The highest BCUT2D eigenvalue weighted by molar-refractivity contribution is 6.74. The smallest absolute Gasteiger partial charge is 0.223 e. The molecule has 1 atom stereocenters. The fourth-order valence-corrected chi connectivity index (χ4v) is 3.01. The van der Waals surface area contributed by atoms with Crippen molar-refractivity contribution in [2.24, 2.45) is 11.0 Å². The van der Waals surface area contributed by atoms with E-state index in [1.54, 1.807) is 0 Å². The van der Waals surface area contributed by atoms with Gasteiger partial charge in [-0.3, -0.25) is 4.79 Å². The highest BCUT2D eigenvalue weighted by atomic mass is 28.4. The van der Waals surface area contributed by atoms with Crippen LogP contribution in [-0.4, -0.2) is 45.4 Å². The van der Waals surface area contributed by atoms with Crippen molar-refractivity contribution in [2.45, 2.75) is 45.3 Å². The summed E-state index contributed by atoms with van der Waals surface area (Å²) in [4.78, 5) is 16.4. The summed E-state index contributed by atoms with van der Waals surface area (Å²) in [5, 5.41) is 3.74. The van der Waals surface area contributed by atoms with Crippen molar-refractivity contribution in [3.8, 4) is 0 Å². The van der Waals surface area contributed by atoms with Crippen molar-refractivity contribution in [2.75, 3.05) is 26.2 Å². The van der Waals surface area contributed by atoms with Crippen LogP contribution in [0.25, 0.3) is 10.4 Å². The zero-order valence-corrected chi connectivity index (χ0v) is 14.2. The summed E-state index contributed by atoms with van der Waals surface area (Å²) in [6, 6.07) is 0. The van der Waals surface area contributed by atoms with Crippen LogP contribution in [0.2, 0.25) is 18.1 Å². The lowest BCUT2D eigenvalue weighted by molar-refractivity contribution is -0.128. The maximum atomic E-state index is 11.8. The molecule has 0 aliphatic carbocycles. The van der Waals surface area contributed by atoms with E-state index in [1.807, 2.05) is 4.90 Å². The molecular weight excluding hydrogens is 272 g/mol. The van der Waals surface area contributed by atoms with Crippen molar-refractivity contribution in [3.05, 3.63) is 10.4 Å². The van der Waals surface area contributed by atoms with Crippen LogP contribution in [0.3, 0.4) is 0 Å². The van der Waals surface area contributed by atoms with E-state index in [0.717, 1.165) is 0 Å². The Balaban J connectivity index is 2.39. The van der Waals surface area contributed by atoms with Gasteiger partial charge in [0.1, 0.15) is 0 Å². The topological polar surface area (TPSA) is 78.3 Å². The van der Waals surface area contributed by atoms with Crippen molar-refractivity contribution in [3.63, 3.8) is 0 Å². The number of hydrogen-bond donors (Lipinski definition) is 0. The standard InChI is InChI=1S/C13H26N4O2Si/c1-13(2,3)20(4,5)19-7-6-17-10-11(8-12(17)18)9-15-16-14/h11H,6-10H2,1-5H3. The summed E-state index contributed by atoms with van der Waals surface area (Å²) in [5.41, 5.74) is 8.31. The van der Waals surface area contributed by atoms with Gasteiger partial charge in [-0.2, -0.15) is 0 Å². The van der Waals surface area contributed by atoms with Crippen molar-refractivity contribution in [1.29, 1.82) is 0 Å². The Labute approximate surface area is 122 Å². The molecule has 1 unspecified atom stereocenters. The maximum absolute atomic E-state index is 11.8. The molecule has 0 aromatic heterocycles. The minimum atomic E-state index is -1.74. The fourth-order valence-electron chi connectivity index (χ4n) is 1.97. The molecule has 0 radical (unpaired) electrons. The number of hydrogen-bond acceptors (Lipinski definition) is 3. The second-order valence-corrected chi connectivity index (χ2v) is 11.7. The van der Waals surface area contributed by atoms with Crippen LogP contribution < -0.4 is 0 Å².